The molecule has 1 fully saturated rings. The van der Waals surface area contributed by atoms with Crippen molar-refractivity contribution in [2.45, 2.75) is 26.7 Å². The predicted octanol–water partition coefficient (Wildman–Crippen LogP) is 1.96. The van der Waals surface area contributed by atoms with Gasteiger partial charge in [0.15, 0.2) is 0 Å². The fourth-order valence-electron chi connectivity index (χ4n) is 2.43. The fraction of sp³-hybridized carbons (Fsp3) is 0.667. The normalized spacial score (nSPS) is 30.0. The molecule has 16 heavy (non-hydrogen) atoms. The summed E-state index contributed by atoms with van der Waals surface area (Å²) in [6.07, 6.45) is 3.31. The third kappa shape index (κ3) is 1.96. The number of allylic oxidation sites excluding steroid dienone is 2. The number of rotatable bonds is 1. The second kappa shape index (κ2) is 4.28. The Hall–Kier alpha value is -1.32. The first-order valence-electron chi connectivity index (χ1n) is 5.73. The molecule has 1 heterocycles. The third-order valence-corrected chi connectivity index (χ3v) is 3.40. The molecule has 0 aromatic heterocycles. The highest BCUT2D eigenvalue weighted by Crippen LogP contribution is 2.31. The van der Waals surface area contributed by atoms with Crippen molar-refractivity contribution < 1.29 is 14.3 Å². The van der Waals surface area contributed by atoms with E-state index in [0.29, 0.717) is 19.1 Å². The molecule has 2 aliphatic rings. The molecule has 0 unspecified atom stereocenters. The van der Waals surface area contributed by atoms with E-state index in [4.69, 9.17) is 4.74 Å². The number of hydrogen-bond donors (Lipinski definition) is 0. The molecule has 0 bridgehead atoms. The van der Waals surface area contributed by atoms with Gasteiger partial charge in [-0.25, -0.2) is 9.69 Å². The quantitative estimate of drug-likeness (QED) is 0.638. The smallest absolute Gasteiger partial charge is 0.416 e. The van der Waals surface area contributed by atoms with Crippen LogP contribution in [0.3, 0.4) is 0 Å². The molecule has 1 saturated heterocycles. The molecule has 2 amide bonds. The van der Waals surface area contributed by atoms with E-state index in [2.05, 4.69) is 19.9 Å². The second-order valence-corrected chi connectivity index (χ2v) is 4.68. The van der Waals surface area contributed by atoms with E-state index in [1.807, 2.05) is 0 Å². The Bertz CT molecular complexity index is 348. The van der Waals surface area contributed by atoms with Crippen molar-refractivity contribution in [1.82, 2.24) is 4.90 Å². The van der Waals surface area contributed by atoms with Crippen molar-refractivity contribution in [1.29, 1.82) is 0 Å². The minimum atomic E-state index is -0.483. The van der Waals surface area contributed by atoms with E-state index in [1.54, 1.807) is 0 Å². The van der Waals surface area contributed by atoms with Gasteiger partial charge in [-0.1, -0.05) is 18.6 Å². The highest BCUT2D eigenvalue weighted by Gasteiger charge is 2.36. The number of cyclic esters (lactones) is 1. The van der Waals surface area contributed by atoms with E-state index in [-0.39, 0.29) is 11.8 Å². The zero-order valence-electron chi connectivity index (χ0n) is 9.73. The molecule has 1 aliphatic carbocycles. The largest absolute Gasteiger partial charge is 0.447 e. The summed E-state index contributed by atoms with van der Waals surface area (Å²) in [5, 5.41) is 0. The topological polar surface area (TPSA) is 46.6 Å². The molecule has 0 spiro atoms. The standard InChI is InChI=1S/C12H17NO3/c1-8-3-4-10(9(2)7-8)11(14)13-5-6-16-12(13)15/h3,9-10H,4-7H2,1-2H3/t9-,10-/m0/s1. The number of carbonyl (C=O) groups excluding carboxylic acids is 2. The van der Waals surface area contributed by atoms with E-state index in [0.717, 1.165) is 12.8 Å². The average Bonchev–Trinajstić information content (AvgIpc) is 2.63. The summed E-state index contributed by atoms with van der Waals surface area (Å²) in [4.78, 5) is 24.7. The SMILES string of the molecule is CC1=CC[C@H](C(=O)N2CCOC2=O)[C@@H](C)C1. The minimum Gasteiger partial charge on any atom is -0.447 e. The lowest BCUT2D eigenvalue weighted by molar-refractivity contribution is -0.133. The van der Waals surface area contributed by atoms with Gasteiger partial charge in [-0.05, 0) is 25.7 Å². The summed E-state index contributed by atoms with van der Waals surface area (Å²) in [6, 6.07) is 0. The molecule has 0 N–H and O–H groups in total. The number of hydrogen-bond acceptors (Lipinski definition) is 3. The first kappa shape index (κ1) is 11.2. The lowest BCUT2D eigenvalue weighted by Crippen LogP contribution is -2.39. The number of nitrogens with zero attached hydrogens (tertiary/aromatic N) is 1. The Balaban J connectivity index is 2.07. The molecule has 0 radical (unpaired) electrons. The molecule has 2 atom stereocenters. The van der Waals surface area contributed by atoms with Crippen LogP contribution in [0.15, 0.2) is 11.6 Å². The summed E-state index contributed by atoms with van der Waals surface area (Å²) in [7, 11) is 0. The third-order valence-electron chi connectivity index (χ3n) is 3.40. The van der Waals surface area contributed by atoms with Gasteiger partial charge in [-0.3, -0.25) is 4.79 Å². The number of amides is 2. The number of carbonyl (C=O) groups is 2. The zero-order valence-corrected chi connectivity index (χ0v) is 9.73. The monoisotopic (exact) mass is 223 g/mol. The Morgan fingerprint density at radius 1 is 1.56 bits per heavy atom. The summed E-state index contributed by atoms with van der Waals surface area (Å²) in [5.41, 5.74) is 1.33. The predicted molar refractivity (Wildman–Crippen MR) is 58.7 cm³/mol. The van der Waals surface area contributed by atoms with Crippen LogP contribution in [0.1, 0.15) is 26.7 Å². The second-order valence-electron chi connectivity index (χ2n) is 4.68. The molecule has 4 heteroatoms. The Morgan fingerprint density at radius 3 is 2.88 bits per heavy atom. The Morgan fingerprint density at radius 2 is 2.31 bits per heavy atom. The minimum absolute atomic E-state index is 0.0608. The van der Waals surface area contributed by atoms with Crippen molar-refractivity contribution >= 4 is 12.0 Å². The van der Waals surface area contributed by atoms with E-state index in [1.165, 1.54) is 10.5 Å². The van der Waals surface area contributed by atoms with Crippen LogP contribution < -0.4 is 0 Å². The lowest BCUT2D eigenvalue weighted by Gasteiger charge is -2.28. The highest BCUT2D eigenvalue weighted by atomic mass is 16.6. The summed E-state index contributed by atoms with van der Waals surface area (Å²) in [5.74, 6) is 0.180. The molecule has 4 nitrogen and oxygen atoms in total. The fourth-order valence-corrected chi connectivity index (χ4v) is 2.43. The van der Waals surface area contributed by atoms with Crippen LogP contribution in [0.25, 0.3) is 0 Å². The van der Waals surface area contributed by atoms with E-state index < -0.39 is 6.09 Å². The Labute approximate surface area is 95.2 Å². The van der Waals surface area contributed by atoms with Gasteiger partial charge in [-0.2, -0.15) is 0 Å². The van der Waals surface area contributed by atoms with Crippen LogP contribution in [-0.2, 0) is 9.53 Å². The lowest BCUT2D eigenvalue weighted by atomic mass is 9.80. The molecular formula is C12H17NO3. The first-order chi connectivity index (χ1) is 7.59. The van der Waals surface area contributed by atoms with Crippen LogP contribution in [0.4, 0.5) is 4.79 Å². The van der Waals surface area contributed by atoms with Crippen LogP contribution in [-0.4, -0.2) is 30.1 Å². The van der Waals surface area contributed by atoms with Gasteiger partial charge in [-0.15, -0.1) is 0 Å². The van der Waals surface area contributed by atoms with Gasteiger partial charge in [0, 0.05) is 5.92 Å². The van der Waals surface area contributed by atoms with Crippen molar-refractivity contribution in [3.63, 3.8) is 0 Å². The van der Waals surface area contributed by atoms with Crippen LogP contribution in [0, 0.1) is 11.8 Å². The molecule has 0 saturated carbocycles. The van der Waals surface area contributed by atoms with Gasteiger partial charge < -0.3 is 4.74 Å². The molecule has 2 rings (SSSR count). The highest BCUT2D eigenvalue weighted by molar-refractivity contribution is 5.94. The van der Waals surface area contributed by atoms with Gasteiger partial charge in [0.1, 0.15) is 6.61 Å². The zero-order chi connectivity index (χ0) is 11.7. The summed E-state index contributed by atoms with van der Waals surface area (Å²) >= 11 is 0. The maximum absolute atomic E-state index is 12.1. The number of ether oxygens (including phenoxy) is 1. The van der Waals surface area contributed by atoms with E-state index in [9.17, 15) is 9.59 Å². The van der Waals surface area contributed by atoms with Crippen LogP contribution in [0.5, 0.6) is 0 Å². The average molecular weight is 223 g/mol. The van der Waals surface area contributed by atoms with E-state index >= 15 is 0 Å². The summed E-state index contributed by atoms with van der Waals surface area (Å²) in [6.45, 7) is 4.89. The first-order valence-corrected chi connectivity index (χ1v) is 5.73. The van der Waals surface area contributed by atoms with Gasteiger partial charge in [0.2, 0.25) is 5.91 Å². The summed E-state index contributed by atoms with van der Waals surface area (Å²) < 4.78 is 4.78. The number of imide groups is 1. The maximum atomic E-state index is 12.1. The molecular weight excluding hydrogens is 206 g/mol. The van der Waals surface area contributed by atoms with Gasteiger partial charge in [0.05, 0.1) is 6.54 Å². The molecule has 0 aromatic carbocycles. The molecule has 88 valence electrons. The van der Waals surface area contributed by atoms with Crippen molar-refractivity contribution in [3.05, 3.63) is 11.6 Å². The molecule has 0 aromatic rings. The maximum Gasteiger partial charge on any atom is 0.416 e. The van der Waals surface area contributed by atoms with Crippen LogP contribution >= 0.6 is 0 Å². The Kier molecular flexibility index (Phi) is 2.99. The van der Waals surface area contributed by atoms with Crippen LogP contribution in [0.2, 0.25) is 0 Å². The van der Waals surface area contributed by atoms with Gasteiger partial charge in [0.25, 0.3) is 0 Å². The van der Waals surface area contributed by atoms with Crippen molar-refractivity contribution in [3.8, 4) is 0 Å². The molecule has 1 aliphatic heterocycles. The van der Waals surface area contributed by atoms with Crippen molar-refractivity contribution in [2.75, 3.05) is 13.2 Å². The van der Waals surface area contributed by atoms with Gasteiger partial charge >= 0.3 is 6.09 Å². The van der Waals surface area contributed by atoms with Crippen molar-refractivity contribution in [2.24, 2.45) is 11.8 Å².